The number of pyridine rings is 1. The molecule has 1 fully saturated rings. The van der Waals surface area contributed by atoms with Gasteiger partial charge >= 0.3 is 0 Å². The van der Waals surface area contributed by atoms with E-state index in [1.807, 2.05) is 35.2 Å². The Hall–Kier alpha value is -2.72. The molecule has 0 aliphatic carbocycles. The molecule has 0 N–H and O–H groups in total. The summed E-state index contributed by atoms with van der Waals surface area (Å²) in [5.41, 5.74) is 4.34. The maximum absolute atomic E-state index is 13.1. The van der Waals surface area contributed by atoms with Gasteiger partial charge in [0.15, 0.2) is 0 Å². The number of hydrogen-bond acceptors (Lipinski definition) is 3. The van der Waals surface area contributed by atoms with Crippen molar-refractivity contribution in [1.82, 2.24) is 14.8 Å². The van der Waals surface area contributed by atoms with E-state index in [1.165, 1.54) is 11.1 Å². The van der Waals surface area contributed by atoms with Gasteiger partial charge in [-0.1, -0.05) is 56.3 Å². The predicted molar refractivity (Wildman–Crippen MR) is 113 cm³/mol. The van der Waals surface area contributed by atoms with Crippen molar-refractivity contribution in [2.24, 2.45) is 0 Å². The molecule has 28 heavy (non-hydrogen) atoms. The summed E-state index contributed by atoms with van der Waals surface area (Å²) in [7, 11) is 0. The molecule has 0 saturated carbocycles. The van der Waals surface area contributed by atoms with Gasteiger partial charge in [0.05, 0.1) is 11.1 Å². The second-order valence-corrected chi connectivity index (χ2v) is 7.84. The Labute approximate surface area is 166 Å². The lowest BCUT2D eigenvalue weighted by Gasteiger charge is -2.35. The Kier molecular flexibility index (Phi) is 5.40. The molecule has 1 aromatic heterocycles. The van der Waals surface area contributed by atoms with Gasteiger partial charge in [0.25, 0.3) is 5.91 Å². The molecule has 2 heterocycles. The molecule has 0 bridgehead atoms. The molecule has 0 spiro atoms. The van der Waals surface area contributed by atoms with Crippen molar-refractivity contribution in [3.63, 3.8) is 0 Å². The summed E-state index contributed by atoms with van der Waals surface area (Å²) in [5, 5.41) is 0.933. The van der Waals surface area contributed by atoms with Crippen LogP contribution in [-0.2, 0) is 6.54 Å². The molecule has 4 nitrogen and oxygen atoms in total. The van der Waals surface area contributed by atoms with E-state index in [4.69, 9.17) is 0 Å². The van der Waals surface area contributed by atoms with Crippen molar-refractivity contribution >= 4 is 16.8 Å². The largest absolute Gasteiger partial charge is 0.336 e. The minimum atomic E-state index is 0.111. The fraction of sp³-hybridized carbons (Fsp3) is 0.333. The highest BCUT2D eigenvalue weighted by atomic mass is 16.2. The monoisotopic (exact) mass is 373 g/mol. The first-order valence-corrected chi connectivity index (χ1v) is 10.1. The molecule has 4 rings (SSSR count). The molecule has 4 heteroatoms. The first kappa shape index (κ1) is 18.6. The molecule has 1 aliphatic rings. The summed E-state index contributed by atoms with van der Waals surface area (Å²) in [4.78, 5) is 21.8. The lowest BCUT2D eigenvalue weighted by molar-refractivity contribution is 0.0630. The van der Waals surface area contributed by atoms with Gasteiger partial charge in [-0.25, -0.2) is 0 Å². The predicted octanol–water partition coefficient (Wildman–Crippen LogP) is 4.32. The minimum absolute atomic E-state index is 0.111. The number of rotatable bonds is 4. The van der Waals surface area contributed by atoms with Gasteiger partial charge in [-0.3, -0.25) is 14.7 Å². The smallest absolute Gasteiger partial charge is 0.254 e. The van der Waals surface area contributed by atoms with Crippen LogP contribution < -0.4 is 0 Å². The Balaban J connectivity index is 1.39. The number of para-hydroxylation sites is 1. The normalized spacial score (nSPS) is 15.3. The van der Waals surface area contributed by atoms with E-state index in [0.29, 0.717) is 5.92 Å². The zero-order valence-corrected chi connectivity index (χ0v) is 16.6. The van der Waals surface area contributed by atoms with Crippen molar-refractivity contribution in [3.05, 3.63) is 77.5 Å². The summed E-state index contributed by atoms with van der Waals surface area (Å²) in [6.45, 7) is 8.72. The van der Waals surface area contributed by atoms with Crippen LogP contribution in [0, 0.1) is 0 Å². The van der Waals surface area contributed by atoms with Gasteiger partial charge < -0.3 is 4.90 Å². The van der Waals surface area contributed by atoms with Crippen LogP contribution in [0.15, 0.2) is 60.8 Å². The number of nitrogens with zero attached hydrogens (tertiary/aromatic N) is 3. The average Bonchev–Trinajstić information content (AvgIpc) is 2.74. The van der Waals surface area contributed by atoms with E-state index in [1.54, 1.807) is 6.20 Å². The fourth-order valence-corrected chi connectivity index (χ4v) is 3.83. The van der Waals surface area contributed by atoms with Crippen LogP contribution in [0.4, 0.5) is 0 Å². The van der Waals surface area contributed by atoms with Crippen LogP contribution in [0.1, 0.15) is 41.3 Å². The van der Waals surface area contributed by atoms with Crippen LogP contribution in [0.3, 0.4) is 0 Å². The molecule has 0 radical (unpaired) electrons. The average molecular weight is 374 g/mol. The highest BCUT2D eigenvalue weighted by Crippen LogP contribution is 2.20. The number of carbonyl (C=O) groups excluding carboxylic acids is 1. The van der Waals surface area contributed by atoms with Crippen LogP contribution in [0.2, 0.25) is 0 Å². The van der Waals surface area contributed by atoms with Crippen LogP contribution >= 0.6 is 0 Å². The molecule has 1 saturated heterocycles. The van der Waals surface area contributed by atoms with Crippen molar-refractivity contribution in [1.29, 1.82) is 0 Å². The third-order valence-corrected chi connectivity index (χ3v) is 5.59. The maximum atomic E-state index is 13.1. The van der Waals surface area contributed by atoms with Crippen molar-refractivity contribution in [3.8, 4) is 0 Å². The van der Waals surface area contributed by atoms with Gasteiger partial charge in [-0.15, -0.1) is 0 Å². The molecule has 1 amide bonds. The van der Waals surface area contributed by atoms with Crippen molar-refractivity contribution < 1.29 is 4.79 Å². The van der Waals surface area contributed by atoms with Crippen molar-refractivity contribution in [2.75, 3.05) is 26.2 Å². The second kappa shape index (κ2) is 8.11. The van der Waals surface area contributed by atoms with E-state index in [9.17, 15) is 4.79 Å². The highest BCUT2D eigenvalue weighted by Gasteiger charge is 2.23. The van der Waals surface area contributed by atoms with Gasteiger partial charge in [-0.05, 0) is 29.2 Å². The number of hydrogen-bond donors (Lipinski definition) is 0. The third kappa shape index (κ3) is 3.92. The quantitative estimate of drug-likeness (QED) is 0.683. The van der Waals surface area contributed by atoms with E-state index in [2.05, 4.69) is 48.0 Å². The molecule has 0 unspecified atom stereocenters. The standard InChI is InChI=1S/C24H27N3O/c1-18(2)20-9-7-19(8-10-20)17-26-13-15-27(16-14-26)24(28)22-11-12-25-23-6-4-3-5-21(22)23/h3-12,18H,13-17H2,1-2H3. The first-order valence-electron chi connectivity index (χ1n) is 10.1. The number of fused-ring (bicyclic) bond motifs is 1. The SMILES string of the molecule is CC(C)c1ccc(CN2CCN(C(=O)c3ccnc4ccccc34)CC2)cc1. The van der Waals surface area contributed by atoms with Crippen LogP contribution in [0.5, 0.6) is 0 Å². The van der Waals surface area contributed by atoms with Gasteiger partial charge in [0.1, 0.15) is 0 Å². The lowest BCUT2D eigenvalue weighted by atomic mass is 10.0. The topological polar surface area (TPSA) is 36.4 Å². The fourth-order valence-electron chi connectivity index (χ4n) is 3.83. The molecular weight excluding hydrogens is 346 g/mol. The Morgan fingerprint density at radius 1 is 0.964 bits per heavy atom. The Morgan fingerprint density at radius 2 is 1.68 bits per heavy atom. The molecule has 2 aromatic carbocycles. The number of carbonyl (C=O) groups is 1. The van der Waals surface area contributed by atoms with E-state index in [0.717, 1.165) is 49.2 Å². The summed E-state index contributed by atoms with van der Waals surface area (Å²) in [6.07, 6.45) is 1.73. The van der Waals surface area contributed by atoms with Crippen LogP contribution in [-0.4, -0.2) is 46.9 Å². The van der Waals surface area contributed by atoms with E-state index < -0.39 is 0 Å². The first-order chi connectivity index (χ1) is 13.6. The molecular formula is C24H27N3O. The number of piperazine rings is 1. The maximum Gasteiger partial charge on any atom is 0.254 e. The Morgan fingerprint density at radius 3 is 2.39 bits per heavy atom. The van der Waals surface area contributed by atoms with E-state index in [-0.39, 0.29) is 5.91 Å². The Bertz CT molecular complexity index is 952. The zero-order valence-electron chi connectivity index (χ0n) is 16.6. The third-order valence-electron chi connectivity index (χ3n) is 5.59. The molecule has 3 aromatic rings. The number of amides is 1. The summed E-state index contributed by atoms with van der Waals surface area (Å²) >= 11 is 0. The summed E-state index contributed by atoms with van der Waals surface area (Å²) in [6, 6.07) is 18.6. The van der Waals surface area contributed by atoms with Crippen molar-refractivity contribution in [2.45, 2.75) is 26.3 Å². The zero-order chi connectivity index (χ0) is 19.5. The van der Waals surface area contributed by atoms with Gasteiger partial charge in [0, 0.05) is 44.3 Å². The number of benzene rings is 2. The molecule has 144 valence electrons. The van der Waals surface area contributed by atoms with E-state index >= 15 is 0 Å². The molecule has 0 atom stereocenters. The molecule has 1 aliphatic heterocycles. The van der Waals surface area contributed by atoms with Gasteiger partial charge in [-0.2, -0.15) is 0 Å². The minimum Gasteiger partial charge on any atom is -0.336 e. The van der Waals surface area contributed by atoms with Crippen LogP contribution in [0.25, 0.3) is 10.9 Å². The van der Waals surface area contributed by atoms with Gasteiger partial charge in [0.2, 0.25) is 0 Å². The number of aromatic nitrogens is 1. The highest BCUT2D eigenvalue weighted by molar-refractivity contribution is 6.06. The lowest BCUT2D eigenvalue weighted by Crippen LogP contribution is -2.48. The second-order valence-electron chi connectivity index (χ2n) is 7.84. The summed E-state index contributed by atoms with van der Waals surface area (Å²) < 4.78 is 0. The summed E-state index contributed by atoms with van der Waals surface area (Å²) in [5.74, 6) is 0.674.